The first-order chi connectivity index (χ1) is 10.2. The van der Waals surface area contributed by atoms with Crippen molar-refractivity contribution in [1.82, 2.24) is 4.98 Å². The fraction of sp³-hybridized carbons (Fsp3) is 0.0667. The Bertz CT molecular complexity index is 863. The number of carbonyl (C=O) groups excluding carboxylic acids is 1. The van der Waals surface area contributed by atoms with Crippen molar-refractivity contribution in [2.75, 3.05) is 12.4 Å². The van der Waals surface area contributed by atoms with Gasteiger partial charge >= 0.3 is 5.76 Å². The first kappa shape index (κ1) is 13.0. The Morgan fingerprint density at radius 2 is 2.10 bits per heavy atom. The highest BCUT2D eigenvalue weighted by molar-refractivity contribution is 6.05. The molecule has 21 heavy (non-hydrogen) atoms. The van der Waals surface area contributed by atoms with E-state index in [4.69, 9.17) is 9.15 Å². The number of nitrogens with one attached hydrogen (secondary N) is 2. The summed E-state index contributed by atoms with van der Waals surface area (Å²) in [5.41, 5.74) is 1.92. The summed E-state index contributed by atoms with van der Waals surface area (Å²) in [4.78, 5) is 25.8. The lowest BCUT2D eigenvalue weighted by molar-refractivity contribution is 0.102. The van der Waals surface area contributed by atoms with Gasteiger partial charge in [-0.15, -0.1) is 0 Å². The van der Waals surface area contributed by atoms with Crippen molar-refractivity contribution in [1.29, 1.82) is 0 Å². The fourth-order valence-corrected chi connectivity index (χ4v) is 1.99. The molecule has 0 spiro atoms. The summed E-state index contributed by atoms with van der Waals surface area (Å²) in [6.07, 6.45) is 0. The van der Waals surface area contributed by atoms with Crippen molar-refractivity contribution in [3.05, 3.63) is 58.6 Å². The number of hydrogen-bond donors (Lipinski definition) is 2. The van der Waals surface area contributed by atoms with E-state index < -0.39 is 5.76 Å². The lowest BCUT2D eigenvalue weighted by Crippen LogP contribution is -2.11. The van der Waals surface area contributed by atoms with E-state index in [1.165, 1.54) is 6.07 Å². The smallest absolute Gasteiger partial charge is 0.417 e. The average molecular weight is 284 g/mol. The van der Waals surface area contributed by atoms with Gasteiger partial charge in [-0.25, -0.2) is 4.79 Å². The Labute approximate surface area is 119 Å². The van der Waals surface area contributed by atoms with Crippen LogP contribution in [-0.2, 0) is 0 Å². The van der Waals surface area contributed by atoms with Gasteiger partial charge in [-0.2, -0.15) is 0 Å². The molecule has 1 amide bonds. The molecule has 0 fully saturated rings. The third-order valence-electron chi connectivity index (χ3n) is 3.01. The summed E-state index contributed by atoms with van der Waals surface area (Å²) in [7, 11) is 1.56. The zero-order chi connectivity index (χ0) is 14.8. The van der Waals surface area contributed by atoms with Crippen LogP contribution in [0.2, 0.25) is 0 Å². The standard InChI is InChI=1S/C15H12N2O4/c1-20-11-4-2-3-10(8-11)16-14(18)9-5-6-12-13(7-9)21-15(19)17-12/h2-8H,1H3,(H,16,18)(H,17,19). The number of anilines is 1. The molecule has 0 aliphatic rings. The summed E-state index contributed by atoms with van der Waals surface area (Å²) in [6, 6.07) is 11.8. The van der Waals surface area contributed by atoms with Crippen LogP contribution in [0.5, 0.6) is 5.75 Å². The second-order valence-electron chi connectivity index (χ2n) is 4.41. The number of carbonyl (C=O) groups is 1. The molecule has 2 aromatic carbocycles. The van der Waals surface area contributed by atoms with Crippen molar-refractivity contribution >= 4 is 22.7 Å². The maximum Gasteiger partial charge on any atom is 0.417 e. The number of fused-ring (bicyclic) bond motifs is 1. The number of hydrogen-bond acceptors (Lipinski definition) is 4. The molecule has 2 N–H and O–H groups in total. The van der Waals surface area contributed by atoms with Crippen LogP contribution in [0.25, 0.3) is 11.1 Å². The Hall–Kier alpha value is -3.02. The number of amides is 1. The van der Waals surface area contributed by atoms with E-state index in [0.29, 0.717) is 28.1 Å². The van der Waals surface area contributed by atoms with Crippen LogP contribution in [-0.4, -0.2) is 18.0 Å². The predicted octanol–water partition coefficient (Wildman–Crippen LogP) is 2.38. The maximum absolute atomic E-state index is 12.2. The SMILES string of the molecule is COc1cccc(NC(=O)c2ccc3[nH]c(=O)oc3c2)c1. The third-order valence-corrected chi connectivity index (χ3v) is 3.01. The van der Waals surface area contributed by atoms with Crippen LogP contribution in [0.3, 0.4) is 0 Å². The van der Waals surface area contributed by atoms with Crippen LogP contribution in [0.15, 0.2) is 51.7 Å². The van der Waals surface area contributed by atoms with Gasteiger partial charge in [0.15, 0.2) is 5.58 Å². The highest BCUT2D eigenvalue weighted by Gasteiger charge is 2.09. The Morgan fingerprint density at radius 3 is 2.90 bits per heavy atom. The van der Waals surface area contributed by atoms with E-state index in [9.17, 15) is 9.59 Å². The molecule has 0 saturated carbocycles. The number of benzene rings is 2. The third kappa shape index (κ3) is 2.64. The zero-order valence-corrected chi connectivity index (χ0v) is 11.2. The van der Waals surface area contributed by atoms with Gasteiger partial charge in [-0.1, -0.05) is 6.07 Å². The van der Waals surface area contributed by atoms with Gasteiger partial charge in [-0.05, 0) is 30.3 Å². The summed E-state index contributed by atoms with van der Waals surface area (Å²) in [5.74, 6) is -0.191. The van der Waals surface area contributed by atoms with Gasteiger partial charge in [0.25, 0.3) is 5.91 Å². The van der Waals surface area contributed by atoms with Crippen molar-refractivity contribution < 1.29 is 13.9 Å². The quantitative estimate of drug-likeness (QED) is 0.773. The molecule has 0 radical (unpaired) electrons. The van der Waals surface area contributed by atoms with E-state index in [1.54, 1.807) is 43.5 Å². The van der Waals surface area contributed by atoms with E-state index in [1.807, 2.05) is 0 Å². The van der Waals surface area contributed by atoms with Gasteiger partial charge in [0, 0.05) is 17.3 Å². The molecular formula is C15H12N2O4. The van der Waals surface area contributed by atoms with Crippen LogP contribution in [0.4, 0.5) is 5.69 Å². The molecule has 6 heteroatoms. The molecule has 106 valence electrons. The average Bonchev–Trinajstić information content (AvgIpc) is 2.86. The fourth-order valence-electron chi connectivity index (χ4n) is 1.99. The van der Waals surface area contributed by atoms with Gasteiger partial charge in [0.2, 0.25) is 0 Å². The number of rotatable bonds is 3. The molecule has 6 nitrogen and oxygen atoms in total. The van der Waals surface area contributed by atoms with E-state index in [2.05, 4.69) is 10.3 Å². The van der Waals surface area contributed by atoms with Gasteiger partial charge < -0.3 is 14.5 Å². The molecule has 3 aromatic rings. The van der Waals surface area contributed by atoms with Gasteiger partial charge in [0.05, 0.1) is 12.6 Å². The predicted molar refractivity (Wildman–Crippen MR) is 77.8 cm³/mol. The van der Waals surface area contributed by atoms with Crippen molar-refractivity contribution in [3.8, 4) is 5.75 Å². The number of H-pyrrole nitrogens is 1. The number of aromatic nitrogens is 1. The summed E-state index contributed by atoms with van der Waals surface area (Å²) in [5, 5.41) is 2.76. The minimum absolute atomic E-state index is 0.297. The normalized spacial score (nSPS) is 10.5. The molecular weight excluding hydrogens is 272 g/mol. The van der Waals surface area contributed by atoms with Gasteiger partial charge in [-0.3, -0.25) is 9.78 Å². The molecule has 0 bridgehead atoms. The van der Waals surface area contributed by atoms with Crippen molar-refractivity contribution in [2.24, 2.45) is 0 Å². The lowest BCUT2D eigenvalue weighted by Gasteiger charge is -2.06. The largest absolute Gasteiger partial charge is 0.497 e. The van der Waals surface area contributed by atoms with E-state index >= 15 is 0 Å². The van der Waals surface area contributed by atoms with Crippen LogP contribution in [0, 0.1) is 0 Å². The minimum atomic E-state index is -0.546. The second kappa shape index (κ2) is 5.16. The van der Waals surface area contributed by atoms with Crippen LogP contribution < -0.4 is 15.8 Å². The molecule has 1 heterocycles. The molecule has 0 unspecified atom stereocenters. The molecule has 0 aliphatic carbocycles. The minimum Gasteiger partial charge on any atom is -0.497 e. The zero-order valence-electron chi connectivity index (χ0n) is 11.2. The van der Waals surface area contributed by atoms with Crippen molar-refractivity contribution in [3.63, 3.8) is 0 Å². The maximum atomic E-state index is 12.2. The number of ether oxygens (including phenoxy) is 1. The summed E-state index contributed by atoms with van der Waals surface area (Å²) in [6.45, 7) is 0. The Morgan fingerprint density at radius 1 is 1.24 bits per heavy atom. The highest BCUT2D eigenvalue weighted by atomic mass is 16.5. The Balaban J connectivity index is 1.87. The van der Waals surface area contributed by atoms with Gasteiger partial charge in [0.1, 0.15) is 5.75 Å². The highest BCUT2D eigenvalue weighted by Crippen LogP contribution is 2.18. The first-order valence-electron chi connectivity index (χ1n) is 6.24. The molecule has 0 aliphatic heterocycles. The van der Waals surface area contributed by atoms with Crippen LogP contribution >= 0.6 is 0 Å². The van der Waals surface area contributed by atoms with Crippen molar-refractivity contribution in [2.45, 2.75) is 0 Å². The topological polar surface area (TPSA) is 84.3 Å². The summed E-state index contributed by atoms with van der Waals surface area (Å²) < 4.78 is 10.0. The summed E-state index contributed by atoms with van der Waals surface area (Å²) >= 11 is 0. The van der Waals surface area contributed by atoms with E-state index in [-0.39, 0.29) is 5.91 Å². The molecule has 0 saturated heterocycles. The second-order valence-corrected chi connectivity index (χ2v) is 4.41. The first-order valence-corrected chi connectivity index (χ1v) is 6.24. The number of methoxy groups -OCH3 is 1. The number of oxazole rings is 1. The Kier molecular flexibility index (Phi) is 3.19. The monoisotopic (exact) mass is 284 g/mol. The lowest BCUT2D eigenvalue weighted by atomic mass is 10.2. The molecule has 1 aromatic heterocycles. The van der Waals surface area contributed by atoms with Crippen LogP contribution in [0.1, 0.15) is 10.4 Å². The molecule has 3 rings (SSSR count). The number of aromatic amines is 1. The molecule has 0 atom stereocenters. The van der Waals surface area contributed by atoms with E-state index in [0.717, 1.165) is 0 Å².